The van der Waals surface area contributed by atoms with Crippen molar-refractivity contribution in [2.24, 2.45) is 5.92 Å². The van der Waals surface area contributed by atoms with Gasteiger partial charge >= 0.3 is 0 Å². The zero-order chi connectivity index (χ0) is 18.9. The van der Waals surface area contributed by atoms with E-state index in [9.17, 15) is 0 Å². The lowest BCUT2D eigenvalue weighted by atomic mass is 9.87. The monoisotopic (exact) mass is 350 g/mol. The standard InChI is InChI=1S/C26H38/c1-6-22(19-24-18-12-14-21(5)26(24)8-3)15-9-10-16-23-17-11-13-20(4)25(23)7-2/h11-14,17-18,22H,6-10,15-16,19H2,1-5H3. The maximum Gasteiger partial charge on any atom is -0.0248 e. The first-order valence-electron chi connectivity index (χ1n) is 10.7. The van der Waals surface area contributed by atoms with Crippen molar-refractivity contribution in [2.75, 3.05) is 0 Å². The van der Waals surface area contributed by atoms with Crippen molar-refractivity contribution in [2.45, 2.75) is 86.0 Å². The first-order chi connectivity index (χ1) is 12.6. The van der Waals surface area contributed by atoms with Crippen LogP contribution in [0, 0.1) is 19.8 Å². The predicted octanol–water partition coefficient (Wildman–Crippen LogP) is 7.41. The number of hydrogen-bond acceptors (Lipinski definition) is 0. The molecular weight excluding hydrogens is 312 g/mol. The van der Waals surface area contributed by atoms with Gasteiger partial charge < -0.3 is 0 Å². The van der Waals surface area contributed by atoms with Gasteiger partial charge in [0.25, 0.3) is 0 Å². The summed E-state index contributed by atoms with van der Waals surface area (Å²) in [7, 11) is 0. The molecule has 0 spiro atoms. The second-order valence-corrected chi connectivity index (χ2v) is 7.86. The average molecular weight is 351 g/mol. The van der Waals surface area contributed by atoms with Gasteiger partial charge in [0.1, 0.15) is 0 Å². The third-order valence-electron chi connectivity index (χ3n) is 6.12. The summed E-state index contributed by atoms with van der Waals surface area (Å²) in [5.74, 6) is 0.824. The summed E-state index contributed by atoms with van der Waals surface area (Å²) in [6, 6.07) is 13.7. The molecule has 0 saturated heterocycles. The van der Waals surface area contributed by atoms with E-state index in [0.717, 1.165) is 18.8 Å². The highest BCUT2D eigenvalue weighted by Crippen LogP contribution is 2.24. The molecule has 0 fully saturated rings. The van der Waals surface area contributed by atoms with Gasteiger partial charge in [0.05, 0.1) is 0 Å². The first-order valence-corrected chi connectivity index (χ1v) is 10.7. The molecule has 0 aliphatic heterocycles. The zero-order valence-electron chi connectivity index (χ0n) is 17.7. The fraction of sp³-hybridized carbons (Fsp3) is 0.538. The molecule has 0 nitrogen and oxygen atoms in total. The van der Waals surface area contributed by atoms with Crippen molar-refractivity contribution in [3.05, 3.63) is 69.8 Å². The van der Waals surface area contributed by atoms with E-state index in [1.807, 2.05) is 0 Å². The van der Waals surface area contributed by atoms with E-state index in [2.05, 4.69) is 71.0 Å². The third kappa shape index (κ3) is 5.47. The van der Waals surface area contributed by atoms with Crippen LogP contribution in [-0.4, -0.2) is 0 Å². The topological polar surface area (TPSA) is 0 Å². The number of unbranched alkanes of at least 4 members (excludes halogenated alkanes) is 1. The molecular formula is C26H38. The lowest BCUT2D eigenvalue weighted by Crippen LogP contribution is -2.07. The Bertz CT molecular complexity index is 680. The van der Waals surface area contributed by atoms with Crippen molar-refractivity contribution in [1.82, 2.24) is 0 Å². The Morgan fingerprint density at radius 1 is 0.731 bits per heavy atom. The molecule has 0 heterocycles. The number of rotatable bonds is 10. The summed E-state index contributed by atoms with van der Waals surface area (Å²) >= 11 is 0. The lowest BCUT2D eigenvalue weighted by Gasteiger charge is -2.18. The minimum Gasteiger partial charge on any atom is -0.0651 e. The van der Waals surface area contributed by atoms with Crippen LogP contribution in [0.15, 0.2) is 36.4 Å². The van der Waals surface area contributed by atoms with Crippen molar-refractivity contribution in [3.63, 3.8) is 0 Å². The highest BCUT2D eigenvalue weighted by molar-refractivity contribution is 5.35. The molecule has 0 aliphatic carbocycles. The third-order valence-corrected chi connectivity index (χ3v) is 6.12. The van der Waals surface area contributed by atoms with Gasteiger partial charge in [0.2, 0.25) is 0 Å². The summed E-state index contributed by atoms with van der Waals surface area (Å²) in [5, 5.41) is 0. The summed E-state index contributed by atoms with van der Waals surface area (Å²) in [5.41, 5.74) is 9.25. The van der Waals surface area contributed by atoms with Gasteiger partial charge in [-0.3, -0.25) is 0 Å². The SMILES string of the molecule is CCc1c(C)cccc1CCCCC(CC)Cc1cccc(C)c1CC. The molecule has 1 atom stereocenters. The van der Waals surface area contributed by atoms with Gasteiger partial charge in [-0.25, -0.2) is 0 Å². The molecule has 2 aromatic rings. The highest BCUT2D eigenvalue weighted by Gasteiger charge is 2.11. The molecule has 0 aliphatic rings. The van der Waals surface area contributed by atoms with Gasteiger partial charge in [0.15, 0.2) is 0 Å². The van der Waals surface area contributed by atoms with Crippen LogP contribution in [0.25, 0.3) is 0 Å². The molecule has 0 heteroatoms. The molecule has 2 rings (SSSR count). The van der Waals surface area contributed by atoms with Crippen LogP contribution in [-0.2, 0) is 25.7 Å². The fourth-order valence-corrected chi connectivity index (χ4v) is 4.47. The van der Waals surface area contributed by atoms with Gasteiger partial charge in [-0.05, 0) is 85.3 Å². The molecule has 0 aromatic heterocycles. The molecule has 0 radical (unpaired) electrons. The average Bonchev–Trinajstić information content (AvgIpc) is 2.64. The van der Waals surface area contributed by atoms with Crippen LogP contribution < -0.4 is 0 Å². The predicted molar refractivity (Wildman–Crippen MR) is 116 cm³/mol. The quantitative estimate of drug-likeness (QED) is 0.391. The van der Waals surface area contributed by atoms with Crippen molar-refractivity contribution >= 4 is 0 Å². The molecule has 2 aromatic carbocycles. The van der Waals surface area contributed by atoms with E-state index in [1.165, 1.54) is 49.7 Å². The van der Waals surface area contributed by atoms with Crippen LogP contribution in [0.3, 0.4) is 0 Å². The molecule has 0 amide bonds. The Morgan fingerprint density at radius 3 is 1.88 bits per heavy atom. The van der Waals surface area contributed by atoms with Crippen molar-refractivity contribution in [1.29, 1.82) is 0 Å². The van der Waals surface area contributed by atoms with Gasteiger partial charge in [-0.2, -0.15) is 0 Å². The molecule has 0 bridgehead atoms. The van der Waals surface area contributed by atoms with Crippen LogP contribution in [0.4, 0.5) is 0 Å². The Hall–Kier alpha value is -1.56. The molecule has 0 N–H and O–H groups in total. The zero-order valence-corrected chi connectivity index (χ0v) is 17.7. The van der Waals surface area contributed by atoms with Crippen LogP contribution in [0.1, 0.15) is 79.8 Å². The van der Waals surface area contributed by atoms with E-state index in [1.54, 1.807) is 22.3 Å². The van der Waals surface area contributed by atoms with E-state index in [-0.39, 0.29) is 0 Å². The Balaban J connectivity index is 1.88. The van der Waals surface area contributed by atoms with E-state index in [0.29, 0.717) is 0 Å². The lowest BCUT2D eigenvalue weighted by molar-refractivity contribution is 0.443. The Morgan fingerprint density at radius 2 is 1.31 bits per heavy atom. The number of hydrogen-bond donors (Lipinski definition) is 0. The summed E-state index contributed by atoms with van der Waals surface area (Å²) in [6.45, 7) is 11.5. The molecule has 26 heavy (non-hydrogen) atoms. The van der Waals surface area contributed by atoms with E-state index in [4.69, 9.17) is 0 Å². The maximum atomic E-state index is 2.36. The number of aryl methyl sites for hydroxylation is 3. The smallest absolute Gasteiger partial charge is 0.0248 e. The maximum absolute atomic E-state index is 2.36. The second kappa shape index (κ2) is 10.6. The Labute approximate surface area is 162 Å². The van der Waals surface area contributed by atoms with Gasteiger partial charge in [-0.15, -0.1) is 0 Å². The second-order valence-electron chi connectivity index (χ2n) is 7.86. The fourth-order valence-electron chi connectivity index (χ4n) is 4.47. The van der Waals surface area contributed by atoms with Crippen molar-refractivity contribution in [3.8, 4) is 0 Å². The van der Waals surface area contributed by atoms with E-state index < -0.39 is 0 Å². The molecule has 0 saturated carbocycles. The summed E-state index contributed by atoms with van der Waals surface area (Å²) in [6.07, 6.45) is 10.1. The largest absolute Gasteiger partial charge is 0.0651 e. The number of benzene rings is 2. The summed E-state index contributed by atoms with van der Waals surface area (Å²) in [4.78, 5) is 0. The Kier molecular flexibility index (Phi) is 8.42. The van der Waals surface area contributed by atoms with Crippen LogP contribution >= 0.6 is 0 Å². The normalized spacial score (nSPS) is 12.3. The van der Waals surface area contributed by atoms with E-state index >= 15 is 0 Å². The molecule has 1 unspecified atom stereocenters. The summed E-state index contributed by atoms with van der Waals surface area (Å²) < 4.78 is 0. The minimum absolute atomic E-state index is 0.824. The van der Waals surface area contributed by atoms with Crippen molar-refractivity contribution < 1.29 is 0 Å². The highest BCUT2D eigenvalue weighted by atomic mass is 14.2. The van der Waals surface area contributed by atoms with Gasteiger partial charge in [0, 0.05) is 0 Å². The first kappa shape index (κ1) is 20.7. The van der Waals surface area contributed by atoms with Gasteiger partial charge in [-0.1, -0.05) is 76.4 Å². The minimum atomic E-state index is 0.824. The van der Waals surface area contributed by atoms with Crippen LogP contribution in [0.5, 0.6) is 0 Å². The molecule has 142 valence electrons. The van der Waals surface area contributed by atoms with Crippen LogP contribution in [0.2, 0.25) is 0 Å².